The molecular formula is C15H18N2O2. The molecule has 0 spiro atoms. The topological polar surface area (TPSA) is 62.2 Å². The molecule has 0 aliphatic rings. The van der Waals surface area contributed by atoms with E-state index in [2.05, 4.69) is 10.3 Å². The molecule has 19 heavy (non-hydrogen) atoms. The molecule has 0 saturated heterocycles. The van der Waals surface area contributed by atoms with Gasteiger partial charge in [-0.3, -0.25) is 9.78 Å². The van der Waals surface area contributed by atoms with Gasteiger partial charge < -0.3 is 10.4 Å². The average molecular weight is 258 g/mol. The maximum atomic E-state index is 11.6. The van der Waals surface area contributed by atoms with Crippen LogP contribution in [0.25, 0.3) is 10.9 Å². The number of carbonyl (C=O) groups is 1. The lowest BCUT2D eigenvalue weighted by Crippen LogP contribution is -2.22. The Morgan fingerprint density at radius 3 is 2.89 bits per heavy atom. The summed E-state index contributed by atoms with van der Waals surface area (Å²) >= 11 is 0. The Balaban J connectivity index is 1.96. The van der Waals surface area contributed by atoms with E-state index in [-0.39, 0.29) is 12.5 Å². The molecule has 0 radical (unpaired) electrons. The Kier molecular flexibility index (Phi) is 4.86. The lowest BCUT2D eigenvalue weighted by molar-refractivity contribution is -0.121. The van der Waals surface area contributed by atoms with Crippen LogP contribution in [0.5, 0.6) is 0 Å². The molecule has 0 unspecified atom stereocenters. The number of fused-ring (bicyclic) bond motifs is 1. The van der Waals surface area contributed by atoms with Crippen LogP contribution in [0.1, 0.15) is 24.8 Å². The van der Waals surface area contributed by atoms with Gasteiger partial charge in [0, 0.05) is 31.2 Å². The molecule has 1 amide bonds. The van der Waals surface area contributed by atoms with E-state index in [9.17, 15) is 4.79 Å². The molecule has 1 aromatic carbocycles. The van der Waals surface area contributed by atoms with E-state index in [0.717, 1.165) is 22.9 Å². The minimum Gasteiger partial charge on any atom is -0.396 e. The number of aliphatic hydroxyl groups excluding tert-OH is 1. The number of amides is 1. The summed E-state index contributed by atoms with van der Waals surface area (Å²) < 4.78 is 0. The molecule has 0 aliphatic heterocycles. The van der Waals surface area contributed by atoms with Gasteiger partial charge in [-0.15, -0.1) is 0 Å². The third-order valence-corrected chi connectivity index (χ3v) is 3.00. The normalized spacial score (nSPS) is 10.6. The lowest BCUT2D eigenvalue weighted by Gasteiger charge is -2.07. The maximum Gasteiger partial charge on any atom is 0.220 e. The molecule has 2 rings (SSSR count). The minimum absolute atomic E-state index is 0.0152. The van der Waals surface area contributed by atoms with Crippen LogP contribution in [0.3, 0.4) is 0 Å². The standard InChI is InChI=1S/C15H18N2O2/c18-10-2-1-8-14(19)17-11-13-6-3-5-12-7-4-9-16-15(12)13/h3-7,9,18H,1-2,8,10-11H2,(H,17,19). The van der Waals surface area contributed by atoms with E-state index in [1.165, 1.54) is 0 Å². The van der Waals surface area contributed by atoms with Crippen molar-refractivity contribution in [2.45, 2.75) is 25.8 Å². The van der Waals surface area contributed by atoms with Gasteiger partial charge in [0.15, 0.2) is 0 Å². The van der Waals surface area contributed by atoms with Crippen molar-refractivity contribution in [3.05, 3.63) is 42.1 Å². The van der Waals surface area contributed by atoms with Crippen LogP contribution in [0.15, 0.2) is 36.5 Å². The summed E-state index contributed by atoms with van der Waals surface area (Å²) in [7, 11) is 0. The van der Waals surface area contributed by atoms with Crippen LogP contribution in [0.4, 0.5) is 0 Å². The molecule has 2 N–H and O–H groups in total. The van der Waals surface area contributed by atoms with Crippen molar-refractivity contribution in [3.63, 3.8) is 0 Å². The minimum atomic E-state index is 0.0152. The molecule has 2 aromatic rings. The number of nitrogens with zero attached hydrogens (tertiary/aromatic N) is 1. The predicted molar refractivity (Wildman–Crippen MR) is 74.5 cm³/mol. The van der Waals surface area contributed by atoms with Gasteiger partial charge >= 0.3 is 0 Å². The first-order valence-electron chi connectivity index (χ1n) is 6.51. The number of hydrogen-bond acceptors (Lipinski definition) is 3. The molecule has 4 heteroatoms. The molecule has 4 nitrogen and oxygen atoms in total. The second-order valence-electron chi connectivity index (χ2n) is 4.45. The van der Waals surface area contributed by atoms with Gasteiger partial charge in [-0.2, -0.15) is 0 Å². The van der Waals surface area contributed by atoms with E-state index in [1.54, 1.807) is 6.20 Å². The Morgan fingerprint density at radius 1 is 1.21 bits per heavy atom. The first-order chi connectivity index (χ1) is 9.31. The van der Waals surface area contributed by atoms with Crippen molar-refractivity contribution in [1.82, 2.24) is 10.3 Å². The lowest BCUT2D eigenvalue weighted by atomic mass is 10.1. The number of pyridine rings is 1. The third-order valence-electron chi connectivity index (χ3n) is 3.00. The van der Waals surface area contributed by atoms with Crippen LogP contribution in [0, 0.1) is 0 Å². The number of benzene rings is 1. The summed E-state index contributed by atoms with van der Waals surface area (Å²) in [5.74, 6) is 0.0152. The van der Waals surface area contributed by atoms with Crippen LogP contribution < -0.4 is 5.32 Å². The SMILES string of the molecule is O=C(CCCCO)NCc1cccc2cccnc12. The summed E-state index contributed by atoms with van der Waals surface area (Å²) in [5.41, 5.74) is 1.95. The van der Waals surface area contributed by atoms with Crippen molar-refractivity contribution in [1.29, 1.82) is 0 Å². The van der Waals surface area contributed by atoms with E-state index >= 15 is 0 Å². The molecule has 1 aromatic heterocycles. The molecule has 0 atom stereocenters. The van der Waals surface area contributed by atoms with Crippen LogP contribution in [0.2, 0.25) is 0 Å². The number of carbonyl (C=O) groups excluding carboxylic acids is 1. The fourth-order valence-electron chi connectivity index (χ4n) is 1.99. The number of aromatic nitrogens is 1. The van der Waals surface area contributed by atoms with Crippen molar-refractivity contribution in [2.24, 2.45) is 0 Å². The highest BCUT2D eigenvalue weighted by Crippen LogP contribution is 2.15. The predicted octanol–water partition coefficient (Wildman–Crippen LogP) is 2.01. The monoisotopic (exact) mass is 258 g/mol. The molecule has 0 fully saturated rings. The molecule has 0 saturated carbocycles. The third kappa shape index (κ3) is 3.76. The zero-order valence-electron chi connectivity index (χ0n) is 10.8. The first-order valence-corrected chi connectivity index (χ1v) is 6.51. The molecule has 0 bridgehead atoms. The summed E-state index contributed by atoms with van der Waals surface area (Å²) in [4.78, 5) is 16.0. The Hall–Kier alpha value is -1.94. The second-order valence-corrected chi connectivity index (χ2v) is 4.45. The average Bonchev–Trinajstić information content (AvgIpc) is 2.45. The summed E-state index contributed by atoms with van der Waals surface area (Å²) in [6.07, 6.45) is 3.60. The zero-order chi connectivity index (χ0) is 13.5. The van der Waals surface area contributed by atoms with Gasteiger partial charge in [-0.25, -0.2) is 0 Å². The molecule has 0 aliphatic carbocycles. The molecule has 1 heterocycles. The van der Waals surface area contributed by atoms with Crippen molar-refractivity contribution < 1.29 is 9.90 Å². The first kappa shape index (κ1) is 13.5. The highest BCUT2D eigenvalue weighted by atomic mass is 16.2. The quantitative estimate of drug-likeness (QED) is 0.779. The zero-order valence-corrected chi connectivity index (χ0v) is 10.8. The fourth-order valence-corrected chi connectivity index (χ4v) is 1.99. The number of aliphatic hydroxyl groups is 1. The Morgan fingerprint density at radius 2 is 2.05 bits per heavy atom. The smallest absolute Gasteiger partial charge is 0.220 e. The van der Waals surface area contributed by atoms with E-state index in [1.807, 2.05) is 30.3 Å². The maximum absolute atomic E-state index is 11.6. The number of hydrogen-bond donors (Lipinski definition) is 2. The van der Waals surface area contributed by atoms with Crippen LogP contribution >= 0.6 is 0 Å². The molecular weight excluding hydrogens is 240 g/mol. The number of rotatable bonds is 6. The number of nitrogens with one attached hydrogen (secondary N) is 1. The van der Waals surface area contributed by atoms with Crippen molar-refractivity contribution >= 4 is 16.8 Å². The van der Waals surface area contributed by atoms with Gasteiger partial charge in [0.2, 0.25) is 5.91 Å². The second kappa shape index (κ2) is 6.85. The van der Waals surface area contributed by atoms with Gasteiger partial charge in [-0.1, -0.05) is 24.3 Å². The van der Waals surface area contributed by atoms with Gasteiger partial charge in [0.05, 0.1) is 5.52 Å². The number of para-hydroxylation sites is 1. The van der Waals surface area contributed by atoms with Crippen molar-refractivity contribution in [3.8, 4) is 0 Å². The summed E-state index contributed by atoms with van der Waals surface area (Å²) in [6.45, 7) is 0.632. The largest absolute Gasteiger partial charge is 0.396 e. The molecule has 100 valence electrons. The van der Waals surface area contributed by atoms with Gasteiger partial charge in [0.1, 0.15) is 0 Å². The highest BCUT2D eigenvalue weighted by Gasteiger charge is 2.04. The fraction of sp³-hybridized carbons (Fsp3) is 0.333. The summed E-state index contributed by atoms with van der Waals surface area (Å²) in [5, 5.41) is 12.6. The van der Waals surface area contributed by atoms with Crippen LogP contribution in [-0.4, -0.2) is 22.6 Å². The van der Waals surface area contributed by atoms with Gasteiger partial charge in [0.25, 0.3) is 0 Å². The van der Waals surface area contributed by atoms with E-state index in [0.29, 0.717) is 19.4 Å². The van der Waals surface area contributed by atoms with E-state index < -0.39 is 0 Å². The van der Waals surface area contributed by atoms with Gasteiger partial charge in [-0.05, 0) is 24.5 Å². The Labute approximate surface area is 112 Å². The highest BCUT2D eigenvalue weighted by molar-refractivity contribution is 5.82. The van der Waals surface area contributed by atoms with Crippen molar-refractivity contribution in [2.75, 3.05) is 6.61 Å². The summed E-state index contributed by atoms with van der Waals surface area (Å²) in [6, 6.07) is 9.87. The Bertz CT molecular complexity index is 549. The number of unbranched alkanes of at least 4 members (excludes halogenated alkanes) is 1. The van der Waals surface area contributed by atoms with E-state index in [4.69, 9.17) is 5.11 Å². The van der Waals surface area contributed by atoms with Crippen LogP contribution in [-0.2, 0) is 11.3 Å².